The molecule has 5 nitrogen and oxygen atoms in total. The van der Waals surface area contributed by atoms with E-state index in [0.717, 1.165) is 76.6 Å². The molecule has 4 saturated carbocycles. The van der Waals surface area contributed by atoms with Gasteiger partial charge < -0.3 is 15.0 Å². The number of amides is 1. The van der Waals surface area contributed by atoms with Crippen LogP contribution in [0.3, 0.4) is 0 Å². The lowest BCUT2D eigenvalue weighted by molar-refractivity contribution is -0.134. The SMILES string of the molecule is COc1ccc(N2CCN(CCCNC(=O)C34CC5CC(C3)C(c3ccccc3)(C5)C4)CC2)cc1. The minimum atomic E-state index is -0.119. The summed E-state index contributed by atoms with van der Waals surface area (Å²) in [6.45, 7) is 6.11. The van der Waals surface area contributed by atoms with E-state index in [4.69, 9.17) is 4.74 Å². The number of carbonyl (C=O) groups excluding carboxylic acids is 1. The van der Waals surface area contributed by atoms with Crippen molar-refractivity contribution >= 4 is 11.6 Å². The lowest BCUT2D eigenvalue weighted by Crippen LogP contribution is -2.48. The molecule has 0 spiro atoms. The van der Waals surface area contributed by atoms with Crippen LogP contribution in [0, 0.1) is 17.3 Å². The summed E-state index contributed by atoms with van der Waals surface area (Å²) in [6.07, 6.45) is 6.91. The third kappa shape index (κ3) is 4.12. The van der Waals surface area contributed by atoms with Crippen molar-refractivity contribution in [3.63, 3.8) is 0 Å². The molecule has 5 fully saturated rings. The lowest BCUT2D eigenvalue weighted by Gasteiger charge is -2.40. The monoisotopic (exact) mass is 473 g/mol. The molecule has 186 valence electrons. The Balaban J connectivity index is 0.972. The van der Waals surface area contributed by atoms with Crippen molar-refractivity contribution in [2.75, 3.05) is 51.3 Å². The van der Waals surface area contributed by atoms with E-state index in [-0.39, 0.29) is 10.8 Å². The van der Waals surface area contributed by atoms with Crippen LogP contribution in [0.15, 0.2) is 54.6 Å². The van der Waals surface area contributed by atoms with Gasteiger partial charge in [0.1, 0.15) is 5.75 Å². The van der Waals surface area contributed by atoms with Crippen molar-refractivity contribution in [1.29, 1.82) is 0 Å². The smallest absolute Gasteiger partial charge is 0.226 e. The Morgan fingerprint density at radius 2 is 1.77 bits per heavy atom. The number of carbonyl (C=O) groups is 1. The van der Waals surface area contributed by atoms with E-state index in [0.29, 0.717) is 11.8 Å². The maximum atomic E-state index is 13.5. The summed E-state index contributed by atoms with van der Waals surface area (Å²) in [5.41, 5.74) is 2.89. The number of benzene rings is 2. The number of anilines is 1. The van der Waals surface area contributed by atoms with Crippen LogP contribution in [0.5, 0.6) is 5.75 Å². The van der Waals surface area contributed by atoms with Gasteiger partial charge in [-0.3, -0.25) is 9.69 Å². The van der Waals surface area contributed by atoms with Gasteiger partial charge in [0.2, 0.25) is 5.91 Å². The topological polar surface area (TPSA) is 44.8 Å². The van der Waals surface area contributed by atoms with Crippen LogP contribution in [-0.4, -0.2) is 57.2 Å². The summed E-state index contributed by atoms with van der Waals surface area (Å²) in [4.78, 5) is 18.5. The van der Waals surface area contributed by atoms with Crippen molar-refractivity contribution in [1.82, 2.24) is 10.2 Å². The third-order valence-electron chi connectivity index (χ3n) is 9.60. The molecule has 7 rings (SSSR count). The van der Waals surface area contributed by atoms with Gasteiger partial charge in [0, 0.05) is 38.4 Å². The Hall–Kier alpha value is -2.53. The van der Waals surface area contributed by atoms with Gasteiger partial charge in [0.25, 0.3) is 0 Å². The van der Waals surface area contributed by atoms with E-state index in [1.54, 1.807) is 7.11 Å². The van der Waals surface area contributed by atoms with Gasteiger partial charge in [-0.15, -0.1) is 0 Å². The van der Waals surface area contributed by atoms with Crippen LogP contribution >= 0.6 is 0 Å². The fourth-order valence-corrected chi connectivity index (χ4v) is 8.11. The lowest BCUT2D eigenvalue weighted by atomic mass is 9.64. The molecule has 1 amide bonds. The maximum Gasteiger partial charge on any atom is 0.226 e. The van der Waals surface area contributed by atoms with Gasteiger partial charge in [-0.25, -0.2) is 0 Å². The molecule has 4 bridgehead atoms. The normalized spacial score (nSPS) is 31.6. The highest BCUT2D eigenvalue weighted by molar-refractivity contribution is 5.84. The molecule has 1 saturated heterocycles. The van der Waals surface area contributed by atoms with Gasteiger partial charge in [0.15, 0.2) is 0 Å². The van der Waals surface area contributed by atoms with Crippen molar-refractivity contribution in [2.45, 2.75) is 43.9 Å². The average Bonchev–Trinajstić information content (AvgIpc) is 3.30. The molecule has 4 aliphatic carbocycles. The molecule has 4 unspecified atom stereocenters. The van der Waals surface area contributed by atoms with E-state index in [1.807, 2.05) is 12.1 Å². The number of nitrogens with zero attached hydrogens (tertiary/aromatic N) is 2. The predicted molar refractivity (Wildman–Crippen MR) is 140 cm³/mol. The minimum absolute atomic E-state index is 0.119. The van der Waals surface area contributed by atoms with Crippen LogP contribution in [0.4, 0.5) is 5.69 Å². The van der Waals surface area contributed by atoms with Crippen LogP contribution in [0.1, 0.15) is 44.1 Å². The van der Waals surface area contributed by atoms with Gasteiger partial charge in [-0.1, -0.05) is 30.3 Å². The Morgan fingerprint density at radius 3 is 2.51 bits per heavy atom. The largest absolute Gasteiger partial charge is 0.497 e. The molecule has 1 aliphatic heterocycles. The van der Waals surface area contributed by atoms with Crippen molar-refractivity contribution in [2.24, 2.45) is 17.3 Å². The molecule has 2 aromatic carbocycles. The standard InChI is InChI=1S/C30H39N3O2/c1-35-27-10-8-26(9-11-27)33-16-14-32(15-17-33)13-5-12-31-28(34)29-19-23-18-25(21-29)30(20-23,22-29)24-6-3-2-4-7-24/h2-4,6-11,23,25H,5,12-22H2,1H3,(H,31,34). The van der Waals surface area contributed by atoms with E-state index >= 15 is 0 Å². The molecule has 0 aromatic heterocycles. The number of rotatable bonds is 8. The summed E-state index contributed by atoms with van der Waals surface area (Å²) in [6, 6.07) is 19.4. The molecule has 1 N–H and O–H groups in total. The zero-order valence-electron chi connectivity index (χ0n) is 21.0. The second kappa shape index (κ2) is 9.16. The first-order valence-corrected chi connectivity index (χ1v) is 13.6. The fraction of sp³-hybridized carbons (Fsp3) is 0.567. The number of piperazine rings is 1. The van der Waals surface area contributed by atoms with Gasteiger partial charge >= 0.3 is 0 Å². The molecule has 35 heavy (non-hydrogen) atoms. The molecule has 4 atom stereocenters. The highest BCUT2D eigenvalue weighted by Gasteiger charge is 2.66. The first kappa shape index (κ1) is 22.9. The highest BCUT2D eigenvalue weighted by atomic mass is 16.5. The van der Waals surface area contributed by atoms with Crippen LogP contribution in [-0.2, 0) is 10.2 Å². The van der Waals surface area contributed by atoms with E-state index in [2.05, 4.69) is 57.6 Å². The van der Waals surface area contributed by atoms with Crippen molar-refractivity contribution in [3.8, 4) is 5.75 Å². The summed E-state index contributed by atoms with van der Waals surface area (Å²) >= 11 is 0. The Labute approximate surface area is 209 Å². The van der Waals surface area contributed by atoms with E-state index in [1.165, 1.54) is 24.1 Å². The van der Waals surface area contributed by atoms with Crippen LogP contribution in [0.2, 0.25) is 0 Å². The summed E-state index contributed by atoms with van der Waals surface area (Å²) in [7, 11) is 1.71. The molecule has 2 aromatic rings. The quantitative estimate of drug-likeness (QED) is 0.575. The number of methoxy groups -OCH3 is 1. The molecular weight excluding hydrogens is 434 g/mol. The molecule has 1 heterocycles. The van der Waals surface area contributed by atoms with Crippen molar-refractivity contribution in [3.05, 3.63) is 60.2 Å². The third-order valence-corrected chi connectivity index (χ3v) is 9.60. The van der Waals surface area contributed by atoms with E-state index in [9.17, 15) is 4.79 Å². The summed E-state index contributed by atoms with van der Waals surface area (Å²) < 4.78 is 5.28. The van der Waals surface area contributed by atoms with Gasteiger partial charge in [0.05, 0.1) is 12.5 Å². The minimum Gasteiger partial charge on any atom is -0.497 e. The second-order valence-electron chi connectivity index (χ2n) is 11.5. The van der Waals surface area contributed by atoms with Crippen LogP contribution < -0.4 is 15.0 Å². The molecule has 0 radical (unpaired) electrons. The van der Waals surface area contributed by atoms with Crippen LogP contribution in [0.25, 0.3) is 0 Å². The Bertz CT molecular complexity index is 1030. The summed E-state index contributed by atoms with van der Waals surface area (Å²) in [5.74, 6) is 2.67. The summed E-state index contributed by atoms with van der Waals surface area (Å²) in [5, 5.41) is 3.38. The van der Waals surface area contributed by atoms with Gasteiger partial charge in [-0.2, -0.15) is 0 Å². The van der Waals surface area contributed by atoms with E-state index < -0.39 is 0 Å². The second-order valence-corrected chi connectivity index (χ2v) is 11.5. The molecule has 5 heteroatoms. The maximum absolute atomic E-state index is 13.5. The van der Waals surface area contributed by atoms with Gasteiger partial charge in [-0.05, 0) is 92.1 Å². The predicted octanol–water partition coefficient (Wildman–Crippen LogP) is 4.47. The Morgan fingerprint density at radius 1 is 1.00 bits per heavy atom. The first-order chi connectivity index (χ1) is 17.1. The zero-order valence-corrected chi connectivity index (χ0v) is 21.0. The number of nitrogens with one attached hydrogen (secondary N) is 1. The average molecular weight is 474 g/mol. The number of hydrogen-bond acceptors (Lipinski definition) is 4. The molecular formula is C30H39N3O2. The number of hydrogen-bond donors (Lipinski definition) is 1. The van der Waals surface area contributed by atoms with Crippen molar-refractivity contribution < 1.29 is 9.53 Å². The number of ether oxygens (including phenoxy) is 1. The first-order valence-electron chi connectivity index (χ1n) is 13.6. The fourth-order valence-electron chi connectivity index (χ4n) is 8.11. The Kier molecular flexibility index (Phi) is 6.00. The zero-order chi connectivity index (χ0) is 23.9. The highest BCUT2D eigenvalue weighted by Crippen LogP contribution is 2.70. The molecule has 5 aliphatic rings.